The van der Waals surface area contributed by atoms with Crippen LogP contribution in [0.15, 0.2) is 152 Å². The van der Waals surface area contributed by atoms with E-state index < -0.39 is 0 Å². The molecule has 0 saturated heterocycles. The van der Waals surface area contributed by atoms with Crippen molar-refractivity contribution in [3.05, 3.63) is 175 Å². The molecule has 0 radical (unpaired) electrons. The minimum Gasteiger partial charge on any atom is -0.497 e. The first-order valence-electron chi connectivity index (χ1n) is 16.1. The fourth-order valence-corrected chi connectivity index (χ4v) is 6.38. The van der Waals surface area contributed by atoms with Gasteiger partial charge in [-0.3, -0.25) is 0 Å². The van der Waals surface area contributed by atoms with Crippen molar-refractivity contribution in [2.24, 2.45) is 0 Å². The molecule has 0 saturated carbocycles. The van der Waals surface area contributed by atoms with Crippen LogP contribution in [0.1, 0.15) is 22.5 Å². The number of benzene rings is 6. The maximum Gasteiger partial charge on any atom is 0.119 e. The lowest BCUT2D eigenvalue weighted by atomic mass is 9.96. The Hall–Kier alpha value is -6.20. The number of fused-ring (bicyclic) bond motifs is 2. The van der Waals surface area contributed by atoms with E-state index in [9.17, 15) is 0 Å². The molecule has 5 nitrogen and oxygen atoms in total. The van der Waals surface area contributed by atoms with Gasteiger partial charge in [-0.2, -0.15) is 0 Å². The molecule has 0 bridgehead atoms. The highest BCUT2D eigenvalue weighted by atomic mass is 16.5. The summed E-state index contributed by atoms with van der Waals surface area (Å²) in [6.45, 7) is 0. The van der Waals surface area contributed by atoms with E-state index in [0.29, 0.717) is 6.42 Å². The predicted molar refractivity (Wildman–Crippen MR) is 194 cm³/mol. The van der Waals surface area contributed by atoms with Crippen LogP contribution in [0.25, 0.3) is 55.2 Å². The van der Waals surface area contributed by atoms with Crippen LogP contribution in [0.5, 0.6) is 5.75 Å². The monoisotopic (exact) mass is 620 g/mol. The molecule has 230 valence electrons. The molecule has 0 fully saturated rings. The Balaban J connectivity index is 1.05. The summed E-state index contributed by atoms with van der Waals surface area (Å²) in [5, 5.41) is 2.09. The highest BCUT2D eigenvalue weighted by Gasteiger charge is 2.11. The summed E-state index contributed by atoms with van der Waals surface area (Å²) in [6.07, 6.45) is 4.75. The summed E-state index contributed by atoms with van der Waals surface area (Å²) in [6, 6.07) is 49.0. The molecule has 6 aromatic carbocycles. The summed E-state index contributed by atoms with van der Waals surface area (Å²) >= 11 is 0. The topological polar surface area (TPSA) is 60.8 Å². The van der Waals surface area contributed by atoms with Crippen molar-refractivity contribution in [1.29, 1.82) is 0 Å². The van der Waals surface area contributed by atoms with Gasteiger partial charge >= 0.3 is 0 Å². The van der Waals surface area contributed by atoms with Gasteiger partial charge in [-0.05, 0) is 74.8 Å². The first-order chi connectivity index (χ1) is 23.7. The molecule has 8 aromatic rings. The van der Waals surface area contributed by atoms with Crippen LogP contribution in [0.3, 0.4) is 0 Å². The molecule has 5 heteroatoms. The largest absolute Gasteiger partial charge is 0.497 e. The normalized spacial score (nSPS) is 11.2. The quantitative estimate of drug-likeness (QED) is 0.169. The first kappa shape index (κ1) is 29.2. The average Bonchev–Trinajstić information content (AvgIpc) is 3.15. The second-order valence-electron chi connectivity index (χ2n) is 12.0. The number of hydrogen-bond donors (Lipinski definition) is 0. The lowest BCUT2D eigenvalue weighted by Crippen LogP contribution is -1.96. The van der Waals surface area contributed by atoms with Gasteiger partial charge in [0, 0.05) is 23.6 Å². The number of hydrogen-bond acceptors (Lipinski definition) is 5. The Morgan fingerprint density at radius 1 is 0.417 bits per heavy atom. The van der Waals surface area contributed by atoms with Gasteiger partial charge in [0.1, 0.15) is 18.4 Å². The van der Waals surface area contributed by atoms with Crippen molar-refractivity contribution in [2.45, 2.75) is 12.8 Å². The van der Waals surface area contributed by atoms with Crippen LogP contribution in [-0.2, 0) is 12.8 Å². The fourth-order valence-electron chi connectivity index (χ4n) is 6.38. The van der Waals surface area contributed by atoms with E-state index in [1.807, 2.05) is 24.3 Å². The molecule has 0 amide bonds. The Morgan fingerprint density at radius 2 is 0.896 bits per heavy atom. The Labute approximate surface area is 279 Å². The molecule has 8 rings (SSSR count). The molecule has 0 aliphatic carbocycles. The standard InChI is InChI=1S/C43H32N4O/c1-48-37-18-20-41-39(26-37)43(47-28-45-41)24-30-8-6-12-35(22-30)32-13-15-33(16-14-32)36-17-19-40-38(25-36)42(46-27-44-40)23-29-7-5-11-34(21-29)31-9-3-2-4-10-31/h2-22,25-28H,23-24H2,1H3. The maximum absolute atomic E-state index is 5.45. The molecular weight excluding hydrogens is 589 g/mol. The zero-order valence-corrected chi connectivity index (χ0v) is 26.5. The predicted octanol–water partition coefficient (Wildman–Crippen LogP) is 9.76. The van der Waals surface area contributed by atoms with Crippen molar-refractivity contribution >= 4 is 21.8 Å². The Kier molecular flexibility index (Phi) is 7.85. The molecule has 2 aromatic heterocycles. The summed E-state index contributed by atoms with van der Waals surface area (Å²) in [7, 11) is 1.68. The van der Waals surface area contributed by atoms with Gasteiger partial charge in [0.25, 0.3) is 0 Å². The summed E-state index contributed by atoms with van der Waals surface area (Å²) < 4.78 is 5.45. The van der Waals surface area contributed by atoms with Gasteiger partial charge in [0.05, 0.1) is 29.5 Å². The van der Waals surface area contributed by atoms with E-state index in [-0.39, 0.29) is 0 Å². The molecule has 0 unspecified atom stereocenters. The molecule has 0 atom stereocenters. The SMILES string of the molecule is COc1ccc2ncnc(Cc3cccc(-c4ccc(-c5ccc6ncnc(Cc7cccc(-c8ccccc8)c7)c6c5)cc4)c3)c2c1. The third-order valence-corrected chi connectivity index (χ3v) is 8.90. The maximum atomic E-state index is 5.45. The van der Waals surface area contributed by atoms with Gasteiger partial charge in [-0.25, -0.2) is 19.9 Å². The van der Waals surface area contributed by atoms with Gasteiger partial charge in [-0.1, -0.05) is 109 Å². The van der Waals surface area contributed by atoms with Crippen molar-refractivity contribution in [3.8, 4) is 39.1 Å². The van der Waals surface area contributed by atoms with Crippen molar-refractivity contribution < 1.29 is 4.74 Å². The van der Waals surface area contributed by atoms with Crippen LogP contribution in [0.2, 0.25) is 0 Å². The summed E-state index contributed by atoms with van der Waals surface area (Å²) in [5.41, 5.74) is 13.3. The second kappa shape index (κ2) is 12.9. The fraction of sp³-hybridized carbons (Fsp3) is 0.0698. The smallest absolute Gasteiger partial charge is 0.119 e. The molecule has 0 spiro atoms. The van der Waals surface area contributed by atoms with Crippen LogP contribution in [0, 0.1) is 0 Å². The number of methoxy groups -OCH3 is 1. The zero-order chi connectivity index (χ0) is 32.3. The Morgan fingerprint density at radius 3 is 1.48 bits per heavy atom. The van der Waals surface area contributed by atoms with E-state index in [2.05, 4.69) is 130 Å². The molecular formula is C43H32N4O. The molecule has 0 aliphatic rings. The highest BCUT2D eigenvalue weighted by molar-refractivity contribution is 5.87. The number of rotatable bonds is 8. The number of ether oxygens (including phenoxy) is 1. The Bertz CT molecular complexity index is 2390. The minimum absolute atomic E-state index is 0.705. The zero-order valence-electron chi connectivity index (χ0n) is 26.5. The van der Waals surface area contributed by atoms with Gasteiger partial charge in [0.15, 0.2) is 0 Å². The van der Waals surface area contributed by atoms with Crippen molar-refractivity contribution in [1.82, 2.24) is 19.9 Å². The highest BCUT2D eigenvalue weighted by Crippen LogP contribution is 2.30. The first-order valence-corrected chi connectivity index (χ1v) is 16.1. The minimum atomic E-state index is 0.705. The van der Waals surface area contributed by atoms with Crippen molar-refractivity contribution in [2.75, 3.05) is 7.11 Å². The second-order valence-corrected chi connectivity index (χ2v) is 12.0. The van der Waals surface area contributed by atoms with Gasteiger partial charge < -0.3 is 4.74 Å². The molecule has 2 heterocycles. The number of aromatic nitrogens is 4. The lowest BCUT2D eigenvalue weighted by Gasteiger charge is -2.11. The van der Waals surface area contributed by atoms with Gasteiger partial charge in [0.2, 0.25) is 0 Å². The van der Waals surface area contributed by atoms with Crippen LogP contribution >= 0.6 is 0 Å². The third kappa shape index (κ3) is 6.02. The van der Waals surface area contributed by atoms with Crippen LogP contribution < -0.4 is 4.74 Å². The third-order valence-electron chi connectivity index (χ3n) is 8.90. The number of nitrogens with zero attached hydrogens (tertiary/aromatic N) is 4. The average molecular weight is 621 g/mol. The lowest BCUT2D eigenvalue weighted by molar-refractivity contribution is 0.415. The van der Waals surface area contributed by atoms with E-state index in [1.54, 1.807) is 19.8 Å². The van der Waals surface area contributed by atoms with E-state index in [4.69, 9.17) is 9.72 Å². The summed E-state index contributed by atoms with van der Waals surface area (Å²) in [5.74, 6) is 0.802. The van der Waals surface area contributed by atoms with Gasteiger partial charge in [-0.15, -0.1) is 0 Å². The molecule has 0 N–H and O–H groups in total. The van der Waals surface area contributed by atoms with E-state index >= 15 is 0 Å². The molecule has 0 aliphatic heterocycles. The van der Waals surface area contributed by atoms with E-state index in [0.717, 1.165) is 62.1 Å². The van der Waals surface area contributed by atoms with Crippen molar-refractivity contribution in [3.63, 3.8) is 0 Å². The summed E-state index contributed by atoms with van der Waals surface area (Å²) in [4.78, 5) is 18.4. The van der Waals surface area contributed by atoms with Crippen LogP contribution in [-0.4, -0.2) is 27.0 Å². The molecule has 48 heavy (non-hydrogen) atoms. The van der Waals surface area contributed by atoms with Crippen LogP contribution in [0.4, 0.5) is 0 Å². The van der Waals surface area contributed by atoms with E-state index in [1.165, 1.54) is 27.8 Å².